The number of hydrogen-bond donors (Lipinski definition) is 1. The summed E-state index contributed by atoms with van der Waals surface area (Å²) in [7, 11) is 0. The molecular weight excluding hydrogens is 271 g/mol. The number of halogens is 2. The summed E-state index contributed by atoms with van der Waals surface area (Å²) in [4.78, 5) is 2.12. The fourth-order valence-corrected chi connectivity index (χ4v) is 2.40. The molecule has 1 aromatic carbocycles. The molecule has 1 aliphatic rings. The molecular formula is C12H16BrFN2. The average molecular weight is 287 g/mol. The van der Waals surface area contributed by atoms with Gasteiger partial charge in [0.05, 0.1) is 5.69 Å². The van der Waals surface area contributed by atoms with Gasteiger partial charge in [0.25, 0.3) is 0 Å². The van der Waals surface area contributed by atoms with Crippen LogP contribution in [0.2, 0.25) is 0 Å². The zero-order valence-corrected chi connectivity index (χ0v) is 10.9. The molecule has 0 aliphatic carbocycles. The van der Waals surface area contributed by atoms with E-state index in [1.807, 2.05) is 6.07 Å². The summed E-state index contributed by atoms with van der Waals surface area (Å²) in [5, 5.41) is 3.40. The second kappa shape index (κ2) is 5.15. The van der Waals surface area contributed by atoms with Gasteiger partial charge in [0.1, 0.15) is 5.82 Å². The van der Waals surface area contributed by atoms with Crippen LogP contribution in [0.1, 0.15) is 13.3 Å². The largest absolute Gasteiger partial charge is 0.368 e. The van der Waals surface area contributed by atoms with Gasteiger partial charge in [-0.25, -0.2) is 4.39 Å². The lowest BCUT2D eigenvalue weighted by atomic mass is 10.2. The van der Waals surface area contributed by atoms with Crippen molar-refractivity contribution in [2.45, 2.75) is 19.4 Å². The minimum absolute atomic E-state index is 0.141. The molecule has 0 radical (unpaired) electrons. The Morgan fingerprint density at radius 1 is 1.50 bits per heavy atom. The van der Waals surface area contributed by atoms with Crippen molar-refractivity contribution < 1.29 is 4.39 Å². The fraction of sp³-hybridized carbons (Fsp3) is 0.500. The quantitative estimate of drug-likeness (QED) is 0.854. The van der Waals surface area contributed by atoms with Gasteiger partial charge in [-0.3, -0.25) is 0 Å². The molecule has 0 aromatic heterocycles. The van der Waals surface area contributed by atoms with Crippen molar-refractivity contribution in [3.8, 4) is 0 Å². The van der Waals surface area contributed by atoms with Gasteiger partial charge in [0.2, 0.25) is 0 Å². The van der Waals surface area contributed by atoms with Gasteiger partial charge in [-0.15, -0.1) is 0 Å². The molecule has 1 heterocycles. The Balaban J connectivity index is 2.24. The van der Waals surface area contributed by atoms with Crippen molar-refractivity contribution in [2.24, 2.45) is 0 Å². The van der Waals surface area contributed by atoms with E-state index in [-0.39, 0.29) is 5.82 Å². The molecule has 0 saturated carbocycles. The molecule has 1 N–H and O–H groups in total. The number of anilines is 1. The molecule has 0 bridgehead atoms. The van der Waals surface area contributed by atoms with Crippen LogP contribution in [0.4, 0.5) is 10.1 Å². The molecule has 2 rings (SSSR count). The Kier molecular flexibility index (Phi) is 3.82. The van der Waals surface area contributed by atoms with Gasteiger partial charge in [-0.2, -0.15) is 0 Å². The average Bonchev–Trinajstić information content (AvgIpc) is 2.46. The first-order valence-corrected chi connectivity index (χ1v) is 6.39. The van der Waals surface area contributed by atoms with Crippen molar-refractivity contribution in [1.29, 1.82) is 0 Å². The Hall–Kier alpha value is -0.610. The Bertz CT molecular complexity index is 370. The molecule has 1 aromatic rings. The Labute approximate surface area is 104 Å². The second-order valence-corrected chi connectivity index (χ2v) is 5.17. The SMILES string of the molecule is CC1CN(c2cc(Br)ccc2F)CCCN1. The van der Waals surface area contributed by atoms with Crippen molar-refractivity contribution in [1.82, 2.24) is 5.32 Å². The van der Waals surface area contributed by atoms with Crippen LogP contribution in [0.15, 0.2) is 22.7 Å². The highest BCUT2D eigenvalue weighted by atomic mass is 79.9. The summed E-state index contributed by atoms with van der Waals surface area (Å²) in [6.45, 7) is 4.90. The molecule has 1 saturated heterocycles. The first kappa shape index (κ1) is 11.9. The summed E-state index contributed by atoms with van der Waals surface area (Å²) in [5.41, 5.74) is 0.699. The lowest BCUT2D eigenvalue weighted by Gasteiger charge is -2.25. The normalized spacial score (nSPS) is 21.9. The van der Waals surface area contributed by atoms with Gasteiger partial charge >= 0.3 is 0 Å². The van der Waals surface area contributed by atoms with Crippen LogP contribution in [0, 0.1) is 5.82 Å². The van der Waals surface area contributed by atoms with Gasteiger partial charge in [0.15, 0.2) is 0 Å². The zero-order chi connectivity index (χ0) is 11.5. The molecule has 88 valence electrons. The summed E-state index contributed by atoms with van der Waals surface area (Å²) >= 11 is 3.39. The number of nitrogens with zero attached hydrogens (tertiary/aromatic N) is 1. The lowest BCUT2D eigenvalue weighted by Crippen LogP contribution is -2.35. The summed E-state index contributed by atoms with van der Waals surface area (Å²) in [5.74, 6) is -0.141. The smallest absolute Gasteiger partial charge is 0.146 e. The van der Waals surface area contributed by atoms with Crippen LogP contribution in [0.5, 0.6) is 0 Å². The van der Waals surface area contributed by atoms with Crippen LogP contribution in [-0.4, -0.2) is 25.7 Å². The van der Waals surface area contributed by atoms with Gasteiger partial charge in [-0.05, 0) is 38.1 Å². The number of hydrogen-bond acceptors (Lipinski definition) is 2. The topological polar surface area (TPSA) is 15.3 Å². The van der Waals surface area contributed by atoms with E-state index in [0.717, 1.165) is 30.5 Å². The van der Waals surface area contributed by atoms with E-state index in [0.29, 0.717) is 11.7 Å². The van der Waals surface area contributed by atoms with Crippen LogP contribution < -0.4 is 10.2 Å². The van der Waals surface area contributed by atoms with Crippen molar-refractivity contribution in [3.05, 3.63) is 28.5 Å². The minimum atomic E-state index is -0.141. The van der Waals surface area contributed by atoms with E-state index >= 15 is 0 Å². The van der Waals surface area contributed by atoms with E-state index in [1.165, 1.54) is 6.07 Å². The highest BCUT2D eigenvalue weighted by Gasteiger charge is 2.17. The predicted octanol–water partition coefficient (Wildman–Crippen LogP) is 2.78. The predicted molar refractivity (Wildman–Crippen MR) is 68.4 cm³/mol. The lowest BCUT2D eigenvalue weighted by molar-refractivity contribution is 0.577. The van der Waals surface area contributed by atoms with Gasteiger partial charge < -0.3 is 10.2 Å². The van der Waals surface area contributed by atoms with E-state index in [9.17, 15) is 4.39 Å². The van der Waals surface area contributed by atoms with Gasteiger partial charge in [0, 0.05) is 23.6 Å². The van der Waals surface area contributed by atoms with Crippen LogP contribution in [0.25, 0.3) is 0 Å². The third-order valence-electron chi connectivity index (χ3n) is 2.84. The third-order valence-corrected chi connectivity index (χ3v) is 3.33. The van der Waals surface area contributed by atoms with Crippen molar-refractivity contribution in [3.63, 3.8) is 0 Å². The van der Waals surface area contributed by atoms with Crippen LogP contribution >= 0.6 is 15.9 Å². The van der Waals surface area contributed by atoms with Crippen molar-refractivity contribution in [2.75, 3.05) is 24.5 Å². The monoisotopic (exact) mass is 286 g/mol. The standard InChI is InChI=1S/C12H16BrFN2/c1-9-8-16(6-2-5-15-9)12-7-10(13)3-4-11(12)14/h3-4,7,9,15H,2,5-6,8H2,1H3. The molecule has 1 aliphatic heterocycles. The molecule has 1 fully saturated rings. The molecule has 0 amide bonds. The zero-order valence-electron chi connectivity index (χ0n) is 9.34. The summed E-state index contributed by atoms with van der Waals surface area (Å²) < 4.78 is 14.7. The van der Waals surface area contributed by atoms with Crippen LogP contribution in [0.3, 0.4) is 0 Å². The number of rotatable bonds is 1. The van der Waals surface area contributed by atoms with Crippen molar-refractivity contribution >= 4 is 21.6 Å². The molecule has 0 spiro atoms. The molecule has 16 heavy (non-hydrogen) atoms. The number of benzene rings is 1. The summed E-state index contributed by atoms with van der Waals surface area (Å²) in [6, 6.07) is 5.51. The first-order chi connectivity index (χ1) is 7.66. The number of nitrogens with one attached hydrogen (secondary N) is 1. The van der Waals surface area contributed by atoms with E-state index < -0.39 is 0 Å². The highest BCUT2D eigenvalue weighted by molar-refractivity contribution is 9.10. The minimum Gasteiger partial charge on any atom is -0.368 e. The molecule has 1 unspecified atom stereocenters. The van der Waals surface area contributed by atoms with Crippen LogP contribution in [-0.2, 0) is 0 Å². The van der Waals surface area contributed by atoms with Gasteiger partial charge in [-0.1, -0.05) is 15.9 Å². The van der Waals surface area contributed by atoms with E-state index in [2.05, 4.69) is 33.1 Å². The highest BCUT2D eigenvalue weighted by Crippen LogP contribution is 2.24. The Morgan fingerprint density at radius 3 is 3.12 bits per heavy atom. The molecule has 4 heteroatoms. The third kappa shape index (κ3) is 2.74. The summed E-state index contributed by atoms with van der Waals surface area (Å²) in [6.07, 6.45) is 1.05. The maximum atomic E-state index is 13.7. The maximum Gasteiger partial charge on any atom is 0.146 e. The molecule has 2 nitrogen and oxygen atoms in total. The molecule has 1 atom stereocenters. The van der Waals surface area contributed by atoms with E-state index in [1.54, 1.807) is 6.07 Å². The van der Waals surface area contributed by atoms with E-state index in [4.69, 9.17) is 0 Å². The first-order valence-electron chi connectivity index (χ1n) is 5.60. The second-order valence-electron chi connectivity index (χ2n) is 4.25. The fourth-order valence-electron chi connectivity index (χ4n) is 2.05. The Morgan fingerprint density at radius 2 is 2.31 bits per heavy atom. The maximum absolute atomic E-state index is 13.7.